The summed E-state index contributed by atoms with van der Waals surface area (Å²) in [5.74, 6) is 1.92. The van der Waals surface area contributed by atoms with E-state index in [0.717, 1.165) is 18.8 Å². The molecule has 2 rings (SSSR count). The van der Waals surface area contributed by atoms with Crippen molar-refractivity contribution in [1.29, 1.82) is 0 Å². The summed E-state index contributed by atoms with van der Waals surface area (Å²) in [6.07, 6.45) is 3.48. The van der Waals surface area contributed by atoms with Gasteiger partial charge in [-0.05, 0) is 18.5 Å². The van der Waals surface area contributed by atoms with E-state index in [1.54, 1.807) is 10.9 Å². The first-order valence-corrected chi connectivity index (χ1v) is 6.46. The summed E-state index contributed by atoms with van der Waals surface area (Å²) in [4.78, 5) is 4.45. The summed E-state index contributed by atoms with van der Waals surface area (Å²) in [7, 11) is 1.85. The largest absolute Gasteiger partial charge is 0.436 e. The Kier molecular flexibility index (Phi) is 4.52. The first-order chi connectivity index (χ1) is 9.13. The summed E-state index contributed by atoms with van der Waals surface area (Å²) in [6, 6.07) is 5.79. The molecule has 0 radical (unpaired) electrons. The monoisotopic (exact) mass is 260 g/mol. The second kappa shape index (κ2) is 6.33. The van der Waals surface area contributed by atoms with Gasteiger partial charge in [0.05, 0.1) is 18.1 Å². The number of nitrogens with one attached hydrogen (secondary N) is 1. The second-order valence-corrected chi connectivity index (χ2v) is 4.94. The maximum absolute atomic E-state index is 5.65. The molecule has 102 valence electrons. The normalized spacial score (nSPS) is 10.9. The van der Waals surface area contributed by atoms with E-state index in [2.05, 4.69) is 29.2 Å². The van der Waals surface area contributed by atoms with Crippen LogP contribution in [0.15, 0.2) is 30.6 Å². The van der Waals surface area contributed by atoms with Gasteiger partial charge < -0.3 is 10.1 Å². The van der Waals surface area contributed by atoms with Crippen molar-refractivity contribution in [1.82, 2.24) is 20.1 Å². The fourth-order valence-corrected chi connectivity index (χ4v) is 1.67. The van der Waals surface area contributed by atoms with Crippen molar-refractivity contribution < 1.29 is 4.74 Å². The molecule has 0 atom stereocenters. The molecule has 0 aliphatic carbocycles. The Bertz CT molecular complexity index is 522. The third kappa shape index (κ3) is 4.37. The number of hydrogen-bond donors (Lipinski definition) is 1. The first-order valence-electron chi connectivity index (χ1n) is 6.46. The highest BCUT2D eigenvalue weighted by molar-refractivity contribution is 5.23. The van der Waals surface area contributed by atoms with Crippen LogP contribution in [-0.4, -0.2) is 21.3 Å². The third-order valence-corrected chi connectivity index (χ3v) is 2.54. The average Bonchev–Trinajstić information content (AvgIpc) is 2.75. The van der Waals surface area contributed by atoms with Crippen LogP contribution in [0.5, 0.6) is 11.6 Å². The van der Waals surface area contributed by atoms with Gasteiger partial charge in [-0.1, -0.05) is 19.9 Å². The SMILES string of the molecule is CC(C)CNCc1cccc(Oc2cnn(C)c2)n1. The van der Waals surface area contributed by atoms with E-state index in [0.29, 0.717) is 17.5 Å². The maximum atomic E-state index is 5.65. The lowest BCUT2D eigenvalue weighted by atomic mass is 10.2. The van der Waals surface area contributed by atoms with Gasteiger partial charge in [-0.15, -0.1) is 0 Å². The van der Waals surface area contributed by atoms with Gasteiger partial charge in [-0.3, -0.25) is 4.68 Å². The van der Waals surface area contributed by atoms with Crippen LogP contribution in [0.2, 0.25) is 0 Å². The molecule has 0 unspecified atom stereocenters. The Morgan fingerprint density at radius 2 is 2.21 bits per heavy atom. The second-order valence-electron chi connectivity index (χ2n) is 4.94. The number of ether oxygens (including phenoxy) is 1. The Balaban J connectivity index is 1.95. The van der Waals surface area contributed by atoms with Gasteiger partial charge in [0.15, 0.2) is 5.75 Å². The highest BCUT2D eigenvalue weighted by Crippen LogP contribution is 2.18. The van der Waals surface area contributed by atoms with Gasteiger partial charge in [-0.25, -0.2) is 4.98 Å². The highest BCUT2D eigenvalue weighted by Gasteiger charge is 2.02. The standard InChI is InChI=1S/C14H20N4O/c1-11(2)7-15-8-12-5-4-6-14(17-12)19-13-9-16-18(3)10-13/h4-6,9-11,15H,7-8H2,1-3H3. The lowest BCUT2D eigenvalue weighted by Gasteiger charge is -2.08. The fourth-order valence-electron chi connectivity index (χ4n) is 1.67. The van der Waals surface area contributed by atoms with Gasteiger partial charge in [0.2, 0.25) is 5.88 Å². The summed E-state index contributed by atoms with van der Waals surface area (Å²) in [5, 5.41) is 7.42. The number of rotatable bonds is 6. The van der Waals surface area contributed by atoms with Gasteiger partial charge in [0.25, 0.3) is 0 Å². The minimum absolute atomic E-state index is 0.594. The number of aromatic nitrogens is 3. The molecule has 2 aromatic rings. The van der Waals surface area contributed by atoms with Crippen molar-refractivity contribution in [3.8, 4) is 11.6 Å². The minimum atomic E-state index is 0.594. The molecule has 19 heavy (non-hydrogen) atoms. The molecule has 0 aliphatic heterocycles. The predicted molar refractivity (Wildman–Crippen MR) is 74.1 cm³/mol. The third-order valence-electron chi connectivity index (χ3n) is 2.54. The number of hydrogen-bond acceptors (Lipinski definition) is 4. The summed E-state index contributed by atoms with van der Waals surface area (Å²) >= 11 is 0. The van der Waals surface area contributed by atoms with Crippen LogP contribution in [-0.2, 0) is 13.6 Å². The quantitative estimate of drug-likeness (QED) is 0.866. The van der Waals surface area contributed by atoms with Crippen molar-refractivity contribution in [3.63, 3.8) is 0 Å². The van der Waals surface area contributed by atoms with Gasteiger partial charge >= 0.3 is 0 Å². The van der Waals surface area contributed by atoms with Gasteiger partial charge in [0.1, 0.15) is 0 Å². The molecule has 0 saturated heterocycles. The molecule has 5 heteroatoms. The van der Waals surface area contributed by atoms with Crippen molar-refractivity contribution in [2.75, 3.05) is 6.54 Å². The van der Waals surface area contributed by atoms with E-state index in [1.165, 1.54) is 0 Å². The van der Waals surface area contributed by atoms with Crippen LogP contribution in [0.3, 0.4) is 0 Å². The Morgan fingerprint density at radius 1 is 1.37 bits per heavy atom. The number of nitrogens with zero attached hydrogens (tertiary/aromatic N) is 3. The van der Waals surface area contributed by atoms with E-state index in [1.807, 2.05) is 31.4 Å². The van der Waals surface area contributed by atoms with E-state index >= 15 is 0 Å². The lowest BCUT2D eigenvalue weighted by molar-refractivity contribution is 0.458. The summed E-state index contributed by atoms with van der Waals surface area (Å²) < 4.78 is 7.34. The molecule has 0 saturated carbocycles. The fraction of sp³-hybridized carbons (Fsp3) is 0.429. The Morgan fingerprint density at radius 3 is 2.89 bits per heavy atom. The zero-order chi connectivity index (χ0) is 13.7. The maximum Gasteiger partial charge on any atom is 0.219 e. The van der Waals surface area contributed by atoms with Crippen molar-refractivity contribution in [2.45, 2.75) is 20.4 Å². The van der Waals surface area contributed by atoms with Crippen LogP contribution >= 0.6 is 0 Å². The van der Waals surface area contributed by atoms with Crippen molar-refractivity contribution >= 4 is 0 Å². The zero-order valence-electron chi connectivity index (χ0n) is 11.6. The van der Waals surface area contributed by atoms with Gasteiger partial charge in [-0.2, -0.15) is 5.10 Å². The molecule has 0 aromatic carbocycles. The molecule has 0 bridgehead atoms. The van der Waals surface area contributed by atoms with Crippen LogP contribution in [0.1, 0.15) is 19.5 Å². The Hall–Kier alpha value is -1.88. The molecular weight excluding hydrogens is 240 g/mol. The molecule has 0 fully saturated rings. The molecule has 2 aromatic heterocycles. The highest BCUT2D eigenvalue weighted by atomic mass is 16.5. The van der Waals surface area contributed by atoms with E-state index in [9.17, 15) is 0 Å². The molecular formula is C14H20N4O. The zero-order valence-corrected chi connectivity index (χ0v) is 11.6. The van der Waals surface area contributed by atoms with Crippen molar-refractivity contribution in [3.05, 3.63) is 36.3 Å². The molecule has 0 aliphatic rings. The Labute approximate surface area is 113 Å². The molecule has 2 heterocycles. The van der Waals surface area contributed by atoms with Crippen LogP contribution in [0.4, 0.5) is 0 Å². The molecule has 0 amide bonds. The lowest BCUT2D eigenvalue weighted by Crippen LogP contribution is -2.19. The topological polar surface area (TPSA) is 52.0 Å². The predicted octanol–water partition coefficient (Wildman–Crippen LogP) is 2.35. The summed E-state index contributed by atoms with van der Waals surface area (Å²) in [5.41, 5.74) is 0.974. The smallest absolute Gasteiger partial charge is 0.219 e. The van der Waals surface area contributed by atoms with E-state index in [4.69, 9.17) is 4.74 Å². The first kappa shape index (κ1) is 13.5. The van der Waals surface area contributed by atoms with Crippen molar-refractivity contribution in [2.24, 2.45) is 13.0 Å². The average molecular weight is 260 g/mol. The van der Waals surface area contributed by atoms with Gasteiger partial charge in [0, 0.05) is 19.7 Å². The van der Waals surface area contributed by atoms with E-state index < -0.39 is 0 Å². The number of aryl methyl sites for hydroxylation is 1. The van der Waals surface area contributed by atoms with Crippen LogP contribution < -0.4 is 10.1 Å². The van der Waals surface area contributed by atoms with Crippen LogP contribution in [0.25, 0.3) is 0 Å². The summed E-state index contributed by atoms with van der Waals surface area (Å²) in [6.45, 7) is 6.10. The number of pyridine rings is 1. The van der Waals surface area contributed by atoms with E-state index in [-0.39, 0.29) is 0 Å². The molecule has 5 nitrogen and oxygen atoms in total. The van der Waals surface area contributed by atoms with Crippen LogP contribution in [0, 0.1) is 5.92 Å². The minimum Gasteiger partial charge on any atom is -0.436 e. The molecule has 0 spiro atoms. The molecule has 1 N–H and O–H groups in total.